The van der Waals surface area contributed by atoms with Crippen molar-refractivity contribution in [2.75, 3.05) is 17.7 Å². The summed E-state index contributed by atoms with van der Waals surface area (Å²) in [5.74, 6) is -2.72. The molecule has 0 heterocycles. The Morgan fingerprint density at radius 1 is 0.810 bits per heavy atom. The Balaban J connectivity index is 1.36. The molecule has 0 fully saturated rings. The summed E-state index contributed by atoms with van der Waals surface area (Å²) >= 11 is 5.86. The first kappa shape index (κ1) is 29.5. The molecule has 4 aromatic carbocycles. The second kappa shape index (κ2) is 13.7. The zero-order chi connectivity index (χ0) is 30.1. The maximum absolute atomic E-state index is 12.8. The molecule has 0 atom stereocenters. The Hall–Kier alpha value is -5.48. The lowest BCUT2D eigenvalue weighted by Crippen LogP contribution is -2.33. The Kier molecular flexibility index (Phi) is 9.65. The lowest BCUT2D eigenvalue weighted by Gasteiger charge is -2.11. The predicted molar refractivity (Wildman–Crippen MR) is 159 cm³/mol. The fraction of sp³-hybridized carbons (Fsp3) is 0.0645. The molecule has 10 nitrogen and oxygen atoms in total. The summed E-state index contributed by atoms with van der Waals surface area (Å²) in [5, 5.41) is 9.50. The second-order valence-electron chi connectivity index (χ2n) is 8.83. The van der Waals surface area contributed by atoms with Gasteiger partial charge in [-0.05, 0) is 84.8 Å². The molecule has 0 radical (unpaired) electrons. The van der Waals surface area contributed by atoms with Crippen LogP contribution in [-0.4, -0.2) is 37.0 Å². The molecule has 11 heteroatoms. The van der Waals surface area contributed by atoms with Crippen LogP contribution in [0.15, 0.2) is 96.1 Å². The van der Waals surface area contributed by atoms with Gasteiger partial charge in [-0.15, -0.1) is 0 Å². The normalized spacial score (nSPS) is 10.5. The van der Waals surface area contributed by atoms with E-state index in [4.69, 9.17) is 21.1 Å². The lowest BCUT2D eigenvalue weighted by atomic mass is 10.1. The largest absolute Gasteiger partial charge is 0.493 e. The maximum Gasteiger partial charge on any atom is 0.343 e. The number of hydrogen-bond acceptors (Lipinski definition) is 7. The van der Waals surface area contributed by atoms with Crippen LogP contribution in [-0.2, 0) is 9.59 Å². The molecular weight excluding hydrogens is 560 g/mol. The van der Waals surface area contributed by atoms with Gasteiger partial charge in [-0.2, -0.15) is 5.10 Å². The van der Waals surface area contributed by atoms with Crippen molar-refractivity contribution in [2.45, 2.75) is 6.92 Å². The van der Waals surface area contributed by atoms with E-state index < -0.39 is 23.7 Å². The van der Waals surface area contributed by atoms with Gasteiger partial charge in [-0.1, -0.05) is 35.9 Å². The number of nitrogens with zero attached hydrogens (tertiary/aromatic N) is 1. The van der Waals surface area contributed by atoms with E-state index in [0.717, 1.165) is 5.56 Å². The minimum atomic E-state index is -1.05. The van der Waals surface area contributed by atoms with Crippen LogP contribution >= 0.6 is 11.6 Å². The Bertz CT molecular complexity index is 1670. The Labute approximate surface area is 246 Å². The molecular formula is C31H25ClN4O6. The highest BCUT2D eigenvalue weighted by atomic mass is 35.5. The van der Waals surface area contributed by atoms with Crippen LogP contribution in [0.4, 0.5) is 11.4 Å². The topological polar surface area (TPSA) is 135 Å². The van der Waals surface area contributed by atoms with Gasteiger partial charge in [0.05, 0.1) is 30.1 Å². The van der Waals surface area contributed by atoms with Crippen LogP contribution in [0.1, 0.15) is 31.8 Å². The van der Waals surface area contributed by atoms with E-state index in [1.165, 1.54) is 49.7 Å². The third-order valence-corrected chi connectivity index (χ3v) is 6.00. The number of aryl methyl sites for hydroxylation is 1. The molecule has 0 spiro atoms. The van der Waals surface area contributed by atoms with Crippen molar-refractivity contribution in [1.29, 1.82) is 0 Å². The van der Waals surface area contributed by atoms with E-state index in [-0.39, 0.29) is 22.7 Å². The number of ether oxygens (including phenoxy) is 2. The van der Waals surface area contributed by atoms with Gasteiger partial charge < -0.3 is 20.1 Å². The quantitative estimate of drug-likeness (QED) is 0.0854. The van der Waals surface area contributed by atoms with E-state index in [2.05, 4.69) is 21.2 Å². The molecule has 42 heavy (non-hydrogen) atoms. The van der Waals surface area contributed by atoms with Crippen molar-refractivity contribution in [3.8, 4) is 11.5 Å². The highest BCUT2D eigenvalue weighted by Gasteiger charge is 2.18. The highest BCUT2D eigenvalue weighted by molar-refractivity contribution is 6.40. The van der Waals surface area contributed by atoms with Gasteiger partial charge in [0.1, 0.15) is 0 Å². The molecule has 3 N–H and O–H groups in total. The van der Waals surface area contributed by atoms with Crippen LogP contribution in [0.3, 0.4) is 0 Å². The average Bonchev–Trinajstić information content (AvgIpc) is 2.98. The van der Waals surface area contributed by atoms with Crippen molar-refractivity contribution >= 4 is 52.9 Å². The molecule has 3 amide bonds. The highest BCUT2D eigenvalue weighted by Crippen LogP contribution is 2.28. The van der Waals surface area contributed by atoms with E-state index in [1.807, 2.05) is 25.1 Å². The standard InChI is InChI=1S/C31H25ClN4O6/c1-19-6-5-7-23(16-19)34-28(37)24-8-3-4-9-25(24)35-29(38)30(39)36-33-18-20-10-15-26(27(17-20)41-2)42-31(40)21-11-13-22(32)14-12-21/h3-18H,1-2H3,(H,34,37)(H,35,38)(H,36,39). The van der Waals surface area contributed by atoms with E-state index >= 15 is 0 Å². The first-order chi connectivity index (χ1) is 20.2. The summed E-state index contributed by atoms with van der Waals surface area (Å²) < 4.78 is 10.7. The number of rotatable bonds is 8. The van der Waals surface area contributed by atoms with Gasteiger partial charge >= 0.3 is 17.8 Å². The van der Waals surface area contributed by atoms with Crippen LogP contribution < -0.4 is 25.5 Å². The number of amides is 3. The molecule has 4 aromatic rings. The van der Waals surface area contributed by atoms with Crippen LogP contribution in [0.25, 0.3) is 0 Å². The number of methoxy groups -OCH3 is 1. The van der Waals surface area contributed by atoms with Crippen LogP contribution in [0.2, 0.25) is 5.02 Å². The third-order valence-electron chi connectivity index (χ3n) is 5.75. The number of esters is 1. The molecule has 0 aliphatic carbocycles. The number of benzene rings is 4. The summed E-state index contributed by atoms with van der Waals surface area (Å²) in [7, 11) is 1.40. The number of halogens is 1. The summed E-state index contributed by atoms with van der Waals surface area (Å²) in [5.41, 5.74) is 4.82. The molecule has 0 aromatic heterocycles. The first-order valence-corrected chi connectivity index (χ1v) is 12.9. The monoisotopic (exact) mass is 584 g/mol. The number of carbonyl (C=O) groups is 4. The minimum absolute atomic E-state index is 0.153. The fourth-order valence-electron chi connectivity index (χ4n) is 3.70. The average molecular weight is 585 g/mol. The van der Waals surface area contributed by atoms with Gasteiger partial charge in [0.25, 0.3) is 5.91 Å². The number of para-hydroxylation sites is 1. The van der Waals surface area contributed by atoms with Crippen LogP contribution in [0, 0.1) is 6.92 Å². The lowest BCUT2D eigenvalue weighted by molar-refractivity contribution is -0.136. The molecule has 0 aliphatic rings. The molecule has 0 saturated heterocycles. The van der Waals surface area contributed by atoms with Gasteiger partial charge in [-0.25, -0.2) is 10.2 Å². The Morgan fingerprint density at radius 2 is 1.57 bits per heavy atom. The number of nitrogens with one attached hydrogen (secondary N) is 3. The van der Waals surface area contributed by atoms with Crippen molar-refractivity contribution in [3.05, 3.63) is 118 Å². The molecule has 0 unspecified atom stereocenters. The first-order valence-electron chi connectivity index (χ1n) is 12.5. The zero-order valence-electron chi connectivity index (χ0n) is 22.5. The maximum atomic E-state index is 12.8. The fourth-order valence-corrected chi connectivity index (χ4v) is 3.83. The number of hydrogen-bond donors (Lipinski definition) is 3. The van der Waals surface area contributed by atoms with Gasteiger partial charge in [0.15, 0.2) is 11.5 Å². The Morgan fingerprint density at radius 3 is 2.31 bits per heavy atom. The van der Waals surface area contributed by atoms with Crippen molar-refractivity contribution in [1.82, 2.24) is 5.43 Å². The molecule has 4 rings (SSSR count). The van der Waals surface area contributed by atoms with E-state index in [1.54, 1.807) is 36.4 Å². The number of anilines is 2. The summed E-state index contributed by atoms with van der Waals surface area (Å²) in [6.07, 6.45) is 1.28. The van der Waals surface area contributed by atoms with Crippen molar-refractivity contribution in [2.24, 2.45) is 5.10 Å². The van der Waals surface area contributed by atoms with Gasteiger partial charge in [0, 0.05) is 10.7 Å². The summed E-state index contributed by atoms with van der Waals surface area (Å²) in [4.78, 5) is 50.1. The van der Waals surface area contributed by atoms with E-state index in [0.29, 0.717) is 21.8 Å². The SMILES string of the molecule is COc1cc(C=NNC(=O)C(=O)Nc2ccccc2C(=O)Nc2cccc(C)c2)ccc1OC(=O)c1ccc(Cl)cc1. The summed E-state index contributed by atoms with van der Waals surface area (Å²) in [6.45, 7) is 1.90. The van der Waals surface area contributed by atoms with Crippen molar-refractivity contribution < 1.29 is 28.7 Å². The molecule has 0 aliphatic heterocycles. The minimum Gasteiger partial charge on any atom is -0.493 e. The van der Waals surface area contributed by atoms with Gasteiger partial charge in [0.2, 0.25) is 0 Å². The number of hydrazone groups is 1. The summed E-state index contributed by atoms with van der Waals surface area (Å²) in [6, 6.07) is 24.4. The molecule has 212 valence electrons. The second-order valence-corrected chi connectivity index (χ2v) is 9.27. The zero-order valence-corrected chi connectivity index (χ0v) is 23.3. The number of carbonyl (C=O) groups excluding carboxylic acids is 4. The molecule has 0 saturated carbocycles. The predicted octanol–water partition coefficient (Wildman–Crippen LogP) is 5.22. The van der Waals surface area contributed by atoms with Gasteiger partial charge in [-0.3, -0.25) is 14.4 Å². The van der Waals surface area contributed by atoms with E-state index in [9.17, 15) is 19.2 Å². The van der Waals surface area contributed by atoms with Crippen molar-refractivity contribution in [3.63, 3.8) is 0 Å². The van der Waals surface area contributed by atoms with Crippen LogP contribution in [0.5, 0.6) is 11.5 Å². The smallest absolute Gasteiger partial charge is 0.343 e. The third kappa shape index (κ3) is 7.80. The molecule has 0 bridgehead atoms.